The SMILES string of the molecule is CCC(C)OCCOCC(=O)NCC(=O)NC1CCC(C(=O)C(C)C)CC1.[HH].[HH]. The van der Waals surface area contributed by atoms with Gasteiger partial charge in [-0.25, -0.2) is 0 Å². The topological polar surface area (TPSA) is 93.7 Å². The van der Waals surface area contributed by atoms with Crippen molar-refractivity contribution in [3.63, 3.8) is 0 Å². The zero-order chi connectivity index (χ0) is 20.2. The van der Waals surface area contributed by atoms with Crippen LogP contribution < -0.4 is 10.6 Å². The Bertz CT molecular complexity index is 483. The molecule has 2 amide bonds. The van der Waals surface area contributed by atoms with Crippen molar-refractivity contribution >= 4 is 17.6 Å². The minimum absolute atomic E-state index is 0. The lowest BCUT2D eigenvalue weighted by Gasteiger charge is -2.29. The summed E-state index contributed by atoms with van der Waals surface area (Å²) in [6.45, 7) is 8.55. The molecule has 1 fully saturated rings. The molecule has 1 aliphatic carbocycles. The van der Waals surface area contributed by atoms with Crippen LogP contribution in [-0.4, -0.2) is 56.1 Å². The third-order valence-corrected chi connectivity index (χ3v) is 4.95. The Morgan fingerprint density at radius 2 is 1.70 bits per heavy atom. The molecule has 0 aliphatic heterocycles. The fraction of sp³-hybridized carbons (Fsp3) is 0.850. The van der Waals surface area contributed by atoms with Crippen LogP contribution in [0.2, 0.25) is 0 Å². The molecule has 27 heavy (non-hydrogen) atoms. The van der Waals surface area contributed by atoms with E-state index in [0.29, 0.717) is 19.0 Å². The zero-order valence-corrected chi connectivity index (χ0v) is 17.2. The first kappa shape index (κ1) is 23.6. The third-order valence-electron chi connectivity index (χ3n) is 4.95. The number of carbonyl (C=O) groups is 3. The van der Waals surface area contributed by atoms with E-state index in [9.17, 15) is 14.4 Å². The van der Waals surface area contributed by atoms with Gasteiger partial charge in [0.25, 0.3) is 0 Å². The predicted octanol–water partition coefficient (Wildman–Crippen LogP) is 2.33. The molecule has 1 unspecified atom stereocenters. The van der Waals surface area contributed by atoms with Gasteiger partial charge in [0, 0.05) is 20.7 Å². The summed E-state index contributed by atoms with van der Waals surface area (Å²) in [5, 5.41) is 5.49. The number of rotatable bonds is 12. The monoisotopic (exact) mass is 388 g/mol. The number of carbonyl (C=O) groups excluding carboxylic acids is 3. The highest BCUT2D eigenvalue weighted by Crippen LogP contribution is 2.27. The molecule has 1 rings (SSSR count). The standard InChI is InChI=1S/C20H36N2O5.2H2/c1-5-15(4)27-11-10-26-13-19(24)21-12-18(23)22-17-8-6-16(7-9-17)20(25)14(2)3;;/h14-17H,5-13H2,1-4H3,(H,21,24)(H,22,23);2*1H. The molecule has 0 heterocycles. The molecule has 0 aromatic rings. The maximum Gasteiger partial charge on any atom is 0.246 e. The van der Waals surface area contributed by atoms with Crippen molar-refractivity contribution in [1.29, 1.82) is 0 Å². The molecule has 7 heteroatoms. The summed E-state index contributed by atoms with van der Waals surface area (Å²) in [4.78, 5) is 35.7. The highest BCUT2D eigenvalue weighted by atomic mass is 16.5. The maximum absolute atomic E-state index is 12.0. The molecule has 1 atom stereocenters. The van der Waals surface area contributed by atoms with Crippen molar-refractivity contribution < 1.29 is 26.7 Å². The highest BCUT2D eigenvalue weighted by molar-refractivity contribution is 5.85. The summed E-state index contributed by atoms with van der Waals surface area (Å²) < 4.78 is 10.7. The molecule has 160 valence electrons. The molecule has 2 N–H and O–H groups in total. The lowest BCUT2D eigenvalue weighted by atomic mass is 9.80. The number of ketones is 1. The minimum Gasteiger partial charge on any atom is -0.376 e. The summed E-state index contributed by atoms with van der Waals surface area (Å²) >= 11 is 0. The highest BCUT2D eigenvalue weighted by Gasteiger charge is 2.28. The Hall–Kier alpha value is -1.47. The Morgan fingerprint density at radius 1 is 1.04 bits per heavy atom. The maximum atomic E-state index is 12.0. The first-order valence-electron chi connectivity index (χ1n) is 10.1. The number of amides is 2. The van der Waals surface area contributed by atoms with Gasteiger partial charge in [0.1, 0.15) is 12.4 Å². The minimum atomic E-state index is -0.320. The lowest BCUT2D eigenvalue weighted by molar-refractivity contribution is -0.130. The van der Waals surface area contributed by atoms with Crippen molar-refractivity contribution in [3.8, 4) is 0 Å². The van der Waals surface area contributed by atoms with Crippen molar-refractivity contribution in [1.82, 2.24) is 10.6 Å². The molecule has 0 aromatic carbocycles. The summed E-state index contributed by atoms with van der Waals surface area (Å²) in [7, 11) is 0. The summed E-state index contributed by atoms with van der Waals surface area (Å²) in [6.07, 6.45) is 4.38. The van der Waals surface area contributed by atoms with Gasteiger partial charge in [-0.05, 0) is 39.0 Å². The quantitative estimate of drug-likeness (QED) is 0.501. The van der Waals surface area contributed by atoms with Gasteiger partial charge < -0.3 is 20.1 Å². The number of ether oxygens (including phenoxy) is 2. The normalized spacial score (nSPS) is 20.9. The first-order valence-corrected chi connectivity index (χ1v) is 10.1. The number of Topliss-reactive ketones (excluding diaryl/α,β-unsaturated/α-hetero) is 1. The van der Waals surface area contributed by atoms with E-state index in [1.54, 1.807) is 0 Å². The molecule has 0 aromatic heterocycles. The molecule has 0 bridgehead atoms. The Morgan fingerprint density at radius 3 is 2.30 bits per heavy atom. The summed E-state index contributed by atoms with van der Waals surface area (Å²) in [5.74, 6) is -0.0110. The third kappa shape index (κ3) is 9.86. The molecule has 1 saturated carbocycles. The van der Waals surface area contributed by atoms with Crippen molar-refractivity contribution in [2.75, 3.05) is 26.4 Å². The second kappa shape index (κ2) is 12.8. The predicted molar refractivity (Wildman–Crippen MR) is 107 cm³/mol. The molecule has 0 spiro atoms. The van der Waals surface area contributed by atoms with Crippen molar-refractivity contribution in [2.45, 2.75) is 71.9 Å². The van der Waals surface area contributed by atoms with E-state index >= 15 is 0 Å². The van der Waals surface area contributed by atoms with Crippen LogP contribution in [0.25, 0.3) is 0 Å². The van der Waals surface area contributed by atoms with Gasteiger partial charge in [0.05, 0.1) is 25.9 Å². The van der Waals surface area contributed by atoms with Crippen LogP contribution in [-0.2, 0) is 23.9 Å². The largest absolute Gasteiger partial charge is 0.376 e. The molecule has 0 radical (unpaired) electrons. The summed E-state index contributed by atoms with van der Waals surface area (Å²) in [5.41, 5.74) is 0. The van der Waals surface area contributed by atoms with Gasteiger partial charge in [-0.15, -0.1) is 0 Å². The van der Waals surface area contributed by atoms with Gasteiger partial charge in [-0.1, -0.05) is 20.8 Å². The van der Waals surface area contributed by atoms with Gasteiger partial charge in [-0.3, -0.25) is 14.4 Å². The van der Waals surface area contributed by atoms with E-state index in [0.717, 1.165) is 32.1 Å². The van der Waals surface area contributed by atoms with Crippen LogP contribution in [0.4, 0.5) is 0 Å². The number of nitrogens with one attached hydrogen (secondary N) is 2. The zero-order valence-electron chi connectivity index (χ0n) is 17.2. The van der Waals surface area contributed by atoms with E-state index in [4.69, 9.17) is 9.47 Å². The smallest absolute Gasteiger partial charge is 0.246 e. The van der Waals surface area contributed by atoms with Crippen molar-refractivity contribution in [3.05, 3.63) is 0 Å². The van der Waals surface area contributed by atoms with Crippen LogP contribution in [0.15, 0.2) is 0 Å². The Labute approximate surface area is 165 Å². The van der Waals surface area contributed by atoms with Crippen LogP contribution >= 0.6 is 0 Å². The van der Waals surface area contributed by atoms with E-state index in [2.05, 4.69) is 10.6 Å². The second-order valence-corrected chi connectivity index (χ2v) is 7.59. The van der Waals surface area contributed by atoms with E-state index in [1.807, 2.05) is 27.7 Å². The van der Waals surface area contributed by atoms with E-state index in [-0.39, 0.29) is 51.8 Å². The fourth-order valence-corrected chi connectivity index (χ4v) is 3.09. The van der Waals surface area contributed by atoms with Gasteiger partial charge in [-0.2, -0.15) is 0 Å². The second-order valence-electron chi connectivity index (χ2n) is 7.59. The Kier molecular flexibility index (Phi) is 11.2. The fourth-order valence-electron chi connectivity index (χ4n) is 3.09. The van der Waals surface area contributed by atoms with Crippen LogP contribution in [0.5, 0.6) is 0 Å². The van der Waals surface area contributed by atoms with Gasteiger partial charge >= 0.3 is 0 Å². The average Bonchev–Trinajstić information content (AvgIpc) is 2.65. The molecule has 0 saturated heterocycles. The number of hydrogen-bond acceptors (Lipinski definition) is 5. The van der Waals surface area contributed by atoms with Crippen LogP contribution in [0.1, 0.15) is 62.7 Å². The lowest BCUT2D eigenvalue weighted by Crippen LogP contribution is -2.44. The number of hydrogen-bond donors (Lipinski definition) is 2. The molecular weight excluding hydrogens is 348 g/mol. The molecular formula is C20H40N2O5. The average molecular weight is 389 g/mol. The van der Waals surface area contributed by atoms with Crippen LogP contribution in [0, 0.1) is 11.8 Å². The Balaban J connectivity index is 0. The molecule has 7 nitrogen and oxygen atoms in total. The van der Waals surface area contributed by atoms with E-state index in [1.165, 1.54) is 0 Å². The summed E-state index contributed by atoms with van der Waals surface area (Å²) in [6, 6.07) is 0.0829. The van der Waals surface area contributed by atoms with Gasteiger partial charge in [0.2, 0.25) is 11.8 Å². The van der Waals surface area contributed by atoms with Crippen molar-refractivity contribution in [2.24, 2.45) is 11.8 Å². The van der Waals surface area contributed by atoms with Crippen LogP contribution in [0.3, 0.4) is 0 Å². The first-order chi connectivity index (χ1) is 12.8. The van der Waals surface area contributed by atoms with Gasteiger partial charge in [0.15, 0.2) is 0 Å². The van der Waals surface area contributed by atoms with E-state index < -0.39 is 0 Å². The molecule has 1 aliphatic rings.